The lowest BCUT2D eigenvalue weighted by Crippen LogP contribution is -2.12. The molecule has 0 radical (unpaired) electrons. The first-order valence-electron chi connectivity index (χ1n) is 5.04. The second-order valence-corrected chi connectivity index (χ2v) is 5.68. The second-order valence-electron chi connectivity index (χ2n) is 4.12. The Morgan fingerprint density at radius 1 is 1.38 bits per heavy atom. The van der Waals surface area contributed by atoms with Crippen molar-refractivity contribution < 1.29 is 13.2 Å². The van der Waals surface area contributed by atoms with Crippen molar-refractivity contribution in [3.8, 4) is 5.75 Å². The predicted octanol–water partition coefficient (Wildman–Crippen LogP) is 1.54. The van der Waals surface area contributed by atoms with Crippen molar-refractivity contribution in [1.82, 2.24) is 0 Å². The van der Waals surface area contributed by atoms with Crippen LogP contribution in [0, 0.1) is 5.92 Å². The van der Waals surface area contributed by atoms with E-state index in [0.29, 0.717) is 11.7 Å². The third-order valence-corrected chi connectivity index (χ3v) is 3.13. The van der Waals surface area contributed by atoms with E-state index < -0.39 is 10.0 Å². The van der Waals surface area contributed by atoms with Gasteiger partial charge in [0, 0.05) is 6.07 Å². The van der Waals surface area contributed by atoms with Crippen molar-refractivity contribution in [3.63, 3.8) is 0 Å². The van der Waals surface area contributed by atoms with Crippen LogP contribution in [0.15, 0.2) is 23.1 Å². The maximum absolute atomic E-state index is 11.2. The van der Waals surface area contributed by atoms with Crippen LogP contribution in [0.4, 0.5) is 0 Å². The minimum Gasteiger partial charge on any atom is -0.496 e. The molecule has 0 aromatic heterocycles. The number of nitrogens with two attached hydrogens (primary N) is 1. The first-order chi connectivity index (χ1) is 7.34. The molecule has 1 aromatic rings. The molecule has 0 saturated heterocycles. The molecule has 1 rings (SSSR count). The molecule has 4 nitrogen and oxygen atoms in total. The number of methoxy groups -OCH3 is 1. The molecule has 0 amide bonds. The molecular weight excluding hydrogens is 226 g/mol. The summed E-state index contributed by atoms with van der Waals surface area (Å²) in [5.41, 5.74) is 0.991. The minimum absolute atomic E-state index is 0.0804. The molecule has 90 valence electrons. The summed E-state index contributed by atoms with van der Waals surface area (Å²) in [6, 6.07) is 4.72. The Bertz CT molecular complexity index is 466. The van der Waals surface area contributed by atoms with Crippen LogP contribution in [0.1, 0.15) is 19.4 Å². The van der Waals surface area contributed by atoms with E-state index in [2.05, 4.69) is 13.8 Å². The van der Waals surface area contributed by atoms with Gasteiger partial charge < -0.3 is 4.74 Å². The molecular formula is C11H17NO3S. The van der Waals surface area contributed by atoms with Crippen molar-refractivity contribution >= 4 is 10.0 Å². The highest BCUT2D eigenvalue weighted by molar-refractivity contribution is 7.89. The Kier molecular flexibility index (Phi) is 3.93. The molecule has 0 unspecified atom stereocenters. The van der Waals surface area contributed by atoms with Crippen molar-refractivity contribution in [2.24, 2.45) is 11.1 Å². The fraction of sp³-hybridized carbons (Fsp3) is 0.455. The van der Waals surface area contributed by atoms with Gasteiger partial charge in [-0.25, -0.2) is 13.6 Å². The van der Waals surface area contributed by atoms with Gasteiger partial charge in [-0.15, -0.1) is 0 Å². The maximum atomic E-state index is 11.2. The van der Waals surface area contributed by atoms with E-state index >= 15 is 0 Å². The molecule has 16 heavy (non-hydrogen) atoms. The molecule has 0 aliphatic rings. The van der Waals surface area contributed by atoms with E-state index in [1.807, 2.05) is 0 Å². The first-order valence-corrected chi connectivity index (χ1v) is 6.59. The maximum Gasteiger partial charge on any atom is 0.238 e. The van der Waals surface area contributed by atoms with Crippen LogP contribution in [0.25, 0.3) is 0 Å². The summed E-state index contributed by atoms with van der Waals surface area (Å²) >= 11 is 0. The van der Waals surface area contributed by atoms with Gasteiger partial charge in [0.2, 0.25) is 10.0 Å². The van der Waals surface area contributed by atoms with Crippen molar-refractivity contribution in [3.05, 3.63) is 23.8 Å². The quantitative estimate of drug-likeness (QED) is 0.872. The summed E-state index contributed by atoms with van der Waals surface area (Å²) < 4.78 is 27.5. The Hall–Kier alpha value is -1.07. The number of primary sulfonamides is 1. The lowest BCUT2D eigenvalue weighted by Gasteiger charge is -2.11. The van der Waals surface area contributed by atoms with Crippen LogP contribution in [-0.4, -0.2) is 15.5 Å². The SMILES string of the molecule is COc1cc(S(N)(=O)=O)ccc1CC(C)C. The third-order valence-electron chi connectivity index (χ3n) is 2.22. The molecule has 1 aromatic carbocycles. The standard InChI is InChI=1S/C11H17NO3S/c1-8(2)6-9-4-5-10(16(12,13)14)7-11(9)15-3/h4-5,7-8H,6H2,1-3H3,(H2,12,13,14). The van der Waals surface area contributed by atoms with Crippen LogP contribution < -0.4 is 9.88 Å². The van der Waals surface area contributed by atoms with Gasteiger partial charge in [-0.05, 0) is 24.0 Å². The summed E-state index contributed by atoms with van der Waals surface area (Å²) in [6.45, 7) is 4.18. The van der Waals surface area contributed by atoms with E-state index in [9.17, 15) is 8.42 Å². The summed E-state index contributed by atoms with van der Waals surface area (Å²) in [5.74, 6) is 1.05. The number of hydrogen-bond donors (Lipinski definition) is 1. The summed E-state index contributed by atoms with van der Waals surface area (Å²) in [5, 5.41) is 5.05. The first kappa shape index (κ1) is 13.0. The Morgan fingerprint density at radius 2 is 2.00 bits per heavy atom. The van der Waals surface area contributed by atoms with Crippen LogP contribution in [0.3, 0.4) is 0 Å². The molecule has 5 heteroatoms. The van der Waals surface area contributed by atoms with Gasteiger partial charge in [-0.1, -0.05) is 19.9 Å². The monoisotopic (exact) mass is 243 g/mol. The van der Waals surface area contributed by atoms with Gasteiger partial charge in [-0.3, -0.25) is 0 Å². The summed E-state index contributed by atoms with van der Waals surface area (Å²) in [7, 11) is -2.14. The van der Waals surface area contributed by atoms with E-state index in [0.717, 1.165) is 12.0 Å². The van der Waals surface area contributed by atoms with Gasteiger partial charge in [0.25, 0.3) is 0 Å². The zero-order valence-electron chi connectivity index (χ0n) is 9.73. The molecule has 0 fully saturated rings. The van der Waals surface area contributed by atoms with Gasteiger partial charge in [0.15, 0.2) is 0 Å². The van der Waals surface area contributed by atoms with Gasteiger partial charge in [-0.2, -0.15) is 0 Å². The Balaban J connectivity index is 3.17. The molecule has 0 atom stereocenters. The number of ether oxygens (including phenoxy) is 1. The molecule has 0 heterocycles. The van der Waals surface area contributed by atoms with Crippen LogP contribution in [0.2, 0.25) is 0 Å². The van der Waals surface area contributed by atoms with E-state index in [4.69, 9.17) is 9.88 Å². The number of sulfonamides is 1. The Labute approximate surface area is 96.5 Å². The fourth-order valence-corrected chi connectivity index (χ4v) is 2.04. The lowest BCUT2D eigenvalue weighted by atomic mass is 10.0. The second kappa shape index (κ2) is 4.84. The molecule has 0 bridgehead atoms. The highest BCUT2D eigenvalue weighted by Gasteiger charge is 2.12. The zero-order valence-corrected chi connectivity index (χ0v) is 10.5. The highest BCUT2D eigenvalue weighted by Crippen LogP contribution is 2.24. The average molecular weight is 243 g/mol. The molecule has 0 spiro atoms. The molecule has 0 aliphatic carbocycles. The van der Waals surface area contributed by atoms with Crippen molar-refractivity contribution in [2.75, 3.05) is 7.11 Å². The van der Waals surface area contributed by atoms with E-state index in [1.54, 1.807) is 6.07 Å². The summed E-state index contributed by atoms with van der Waals surface area (Å²) in [4.78, 5) is 0.0804. The van der Waals surface area contributed by atoms with Gasteiger partial charge in [0.05, 0.1) is 12.0 Å². The van der Waals surface area contributed by atoms with Crippen molar-refractivity contribution in [2.45, 2.75) is 25.2 Å². The van der Waals surface area contributed by atoms with Gasteiger partial charge in [0.1, 0.15) is 5.75 Å². The average Bonchev–Trinajstić information content (AvgIpc) is 2.15. The summed E-state index contributed by atoms with van der Waals surface area (Å²) in [6.07, 6.45) is 0.841. The Morgan fingerprint density at radius 3 is 2.44 bits per heavy atom. The topological polar surface area (TPSA) is 69.4 Å². The minimum atomic E-state index is -3.66. The number of benzene rings is 1. The zero-order chi connectivity index (χ0) is 12.3. The molecule has 0 aliphatic heterocycles. The smallest absolute Gasteiger partial charge is 0.238 e. The normalized spacial score (nSPS) is 11.8. The number of rotatable bonds is 4. The molecule has 0 saturated carbocycles. The largest absolute Gasteiger partial charge is 0.496 e. The predicted molar refractivity (Wildman–Crippen MR) is 62.9 cm³/mol. The van der Waals surface area contributed by atoms with Crippen LogP contribution in [0.5, 0.6) is 5.75 Å². The van der Waals surface area contributed by atoms with Gasteiger partial charge >= 0.3 is 0 Å². The van der Waals surface area contributed by atoms with E-state index in [-0.39, 0.29) is 4.90 Å². The molecule has 2 N–H and O–H groups in total. The number of hydrogen-bond acceptors (Lipinski definition) is 3. The van der Waals surface area contributed by atoms with Crippen LogP contribution >= 0.6 is 0 Å². The lowest BCUT2D eigenvalue weighted by molar-refractivity contribution is 0.405. The van der Waals surface area contributed by atoms with Crippen LogP contribution in [-0.2, 0) is 16.4 Å². The van der Waals surface area contributed by atoms with Crippen molar-refractivity contribution in [1.29, 1.82) is 0 Å². The van der Waals surface area contributed by atoms with E-state index in [1.165, 1.54) is 19.2 Å². The fourth-order valence-electron chi connectivity index (χ4n) is 1.51. The highest BCUT2D eigenvalue weighted by atomic mass is 32.2. The third kappa shape index (κ3) is 3.21.